The summed E-state index contributed by atoms with van der Waals surface area (Å²) in [6.07, 6.45) is 2.73. The van der Waals surface area contributed by atoms with Gasteiger partial charge in [0.1, 0.15) is 11.4 Å². The second kappa shape index (κ2) is 9.37. The Bertz CT molecular complexity index is 1140. The maximum atomic E-state index is 12.6. The van der Waals surface area contributed by atoms with Crippen molar-refractivity contribution in [1.82, 2.24) is 15.0 Å². The number of anilines is 2. The van der Waals surface area contributed by atoms with E-state index in [9.17, 15) is 9.66 Å². The SMILES string of the molecule is Cc1ccc2sc(C3CCN(c4nc5c(c(N[C@@H](CO)C(C)C)n4)[S+]([O-])CC5)CC3)nc2c1. The highest BCUT2D eigenvalue weighted by Gasteiger charge is 2.34. The van der Waals surface area contributed by atoms with Crippen molar-refractivity contribution in [3.8, 4) is 0 Å². The van der Waals surface area contributed by atoms with Crippen LogP contribution in [0.3, 0.4) is 0 Å². The Labute approximate surface area is 201 Å². The van der Waals surface area contributed by atoms with Gasteiger partial charge in [0.2, 0.25) is 10.8 Å². The number of hydrogen-bond donors (Lipinski definition) is 2. The number of rotatable bonds is 6. The molecule has 3 aromatic rings. The summed E-state index contributed by atoms with van der Waals surface area (Å²) >= 11 is 0.723. The second-order valence-electron chi connectivity index (χ2n) is 9.41. The van der Waals surface area contributed by atoms with Crippen molar-refractivity contribution in [1.29, 1.82) is 0 Å². The Hall–Kier alpha value is -1.94. The molecule has 0 amide bonds. The van der Waals surface area contributed by atoms with E-state index in [4.69, 9.17) is 15.0 Å². The van der Waals surface area contributed by atoms with E-state index in [2.05, 4.69) is 49.2 Å². The van der Waals surface area contributed by atoms with Crippen molar-refractivity contribution in [3.63, 3.8) is 0 Å². The highest BCUT2D eigenvalue weighted by molar-refractivity contribution is 7.91. The number of fused-ring (bicyclic) bond motifs is 2. The fourth-order valence-electron chi connectivity index (χ4n) is 4.58. The Morgan fingerprint density at radius 2 is 2.03 bits per heavy atom. The van der Waals surface area contributed by atoms with Gasteiger partial charge in [-0.25, -0.2) is 9.97 Å². The number of nitrogens with one attached hydrogen (secondary N) is 1. The molecule has 1 aromatic carbocycles. The number of benzene rings is 1. The van der Waals surface area contributed by atoms with Crippen molar-refractivity contribution in [2.45, 2.75) is 56.9 Å². The number of nitrogens with zero attached hydrogens (tertiary/aromatic N) is 4. The molecule has 176 valence electrons. The summed E-state index contributed by atoms with van der Waals surface area (Å²) < 4.78 is 13.9. The summed E-state index contributed by atoms with van der Waals surface area (Å²) in [5.41, 5.74) is 3.23. The minimum absolute atomic E-state index is 0.00545. The van der Waals surface area contributed by atoms with Crippen LogP contribution in [0.25, 0.3) is 10.2 Å². The lowest BCUT2D eigenvalue weighted by molar-refractivity contribution is 0.248. The summed E-state index contributed by atoms with van der Waals surface area (Å²) in [5.74, 6) is 2.61. The summed E-state index contributed by atoms with van der Waals surface area (Å²) in [7, 11) is 0. The van der Waals surface area contributed by atoms with Gasteiger partial charge in [-0.05, 0) is 54.6 Å². The van der Waals surface area contributed by atoms with Crippen LogP contribution in [0, 0.1) is 12.8 Å². The third-order valence-corrected chi connectivity index (χ3v) is 9.34. The van der Waals surface area contributed by atoms with Crippen LogP contribution in [0.15, 0.2) is 23.1 Å². The maximum absolute atomic E-state index is 12.6. The topological polar surface area (TPSA) is 97.2 Å². The Morgan fingerprint density at radius 3 is 2.76 bits per heavy atom. The minimum atomic E-state index is -1.09. The molecule has 4 heterocycles. The highest BCUT2D eigenvalue weighted by Crippen LogP contribution is 2.37. The van der Waals surface area contributed by atoms with Crippen LogP contribution in [-0.4, -0.2) is 56.1 Å². The van der Waals surface area contributed by atoms with Gasteiger partial charge in [-0.2, -0.15) is 4.98 Å². The molecular weight excluding hydrogens is 454 g/mol. The van der Waals surface area contributed by atoms with Gasteiger partial charge in [0.05, 0.1) is 27.9 Å². The zero-order chi connectivity index (χ0) is 23.1. The zero-order valence-corrected chi connectivity index (χ0v) is 21.0. The number of aliphatic hydroxyl groups excluding tert-OH is 1. The van der Waals surface area contributed by atoms with Gasteiger partial charge >= 0.3 is 0 Å². The number of thiazole rings is 1. The molecular formula is C24H31N5O2S2. The number of aryl methyl sites for hydroxylation is 2. The molecule has 33 heavy (non-hydrogen) atoms. The van der Waals surface area contributed by atoms with E-state index in [0.717, 1.165) is 42.0 Å². The Kier molecular flexibility index (Phi) is 6.48. The Balaban J connectivity index is 1.35. The van der Waals surface area contributed by atoms with E-state index in [1.807, 2.05) is 11.3 Å². The standard InChI is InChI=1S/C24H31N5O2S2/c1-14(2)19(13-30)25-22-21-17(8-11-33(21)31)27-24(28-22)29-9-6-16(7-10-29)23-26-18-12-15(3)4-5-20(18)32-23/h4-5,12,14,16,19,30H,6-11,13H2,1-3H3,(H,25,27,28)/t19-,33?/m0/s1. The van der Waals surface area contributed by atoms with E-state index in [1.165, 1.54) is 15.3 Å². The molecule has 0 radical (unpaired) electrons. The quantitative estimate of drug-likeness (QED) is 0.512. The summed E-state index contributed by atoms with van der Waals surface area (Å²) in [6, 6.07) is 6.35. The lowest BCUT2D eigenvalue weighted by atomic mass is 9.98. The van der Waals surface area contributed by atoms with Gasteiger partial charge < -0.3 is 19.9 Å². The molecule has 1 unspecified atom stereocenters. The molecule has 2 N–H and O–H groups in total. The third kappa shape index (κ3) is 4.56. The first-order valence-corrected chi connectivity index (χ1v) is 13.8. The van der Waals surface area contributed by atoms with Gasteiger partial charge in [0.25, 0.3) is 0 Å². The molecule has 1 saturated heterocycles. The molecule has 7 nitrogen and oxygen atoms in total. The van der Waals surface area contributed by atoms with Crippen LogP contribution in [0.1, 0.15) is 48.9 Å². The lowest BCUT2D eigenvalue weighted by Crippen LogP contribution is -2.35. The van der Waals surface area contributed by atoms with Crippen LogP contribution in [0.5, 0.6) is 0 Å². The van der Waals surface area contributed by atoms with Crippen molar-refractivity contribution in [2.75, 3.05) is 35.7 Å². The van der Waals surface area contributed by atoms with Gasteiger partial charge in [0.15, 0.2) is 5.82 Å². The summed E-state index contributed by atoms with van der Waals surface area (Å²) in [5, 5.41) is 14.4. The van der Waals surface area contributed by atoms with Crippen molar-refractivity contribution in [2.24, 2.45) is 5.92 Å². The number of aliphatic hydroxyl groups is 1. The summed E-state index contributed by atoms with van der Waals surface area (Å²) in [4.78, 5) is 17.5. The Morgan fingerprint density at radius 1 is 1.24 bits per heavy atom. The van der Waals surface area contributed by atoms with Gasteiger partial charge in [-0.15, -0.1) is 11.3 Å². The molecule has 9 heteroatoms. The van der Waals surface area contributed by atoms with E-state index in [1.54, 1.807) is 0 Å². The van der Waals surface area contributed by atoms with E-state index in [0.29, 0.717) is 29.9 Å². The van der Waals surface area contributed by atoms with E-state index in [-0.39, 0.29) is 18.6 Å². The molecule has 0 spiro atoms. The third-order valence-electron chi connectivity index (χ3n) is 6.69. The largest absolute Gasteiger partial charge is 0.611 e. The highest BCUT2D eigenvalue weighted by atomic mass is 32.2. The molecule has 5 rings (SSSR count). The van der Waals surface area contributed by atoms with Crippen molar-refractivity contribution in [3.05, 3.63) is 34.5 Å². The lowest BCUT2D eigenvalue weighted by Gasteiger charge is -2.31. The van der Waals surface area contributed by atoms with Crippen LogP contribution in [-0.2, 0) is 17.6 Å². The molecule has 2 aromatic heterocycles. The number of piperidine rings is 1. The second-order valence-corrected chi connectivity index (χ2v) is 12.0. The van der Waals surface area contributed by atoms with Crippen molar-refractivity contribution < 1.29 is 9.66 Å². The smallest absolute Gasteiger partial charge is 0.227 e. The van der Waals surface area contributed by atoms with Crippen LogP contribution in [0.4, 0.5) is 11.8 Å². The average molecular weight is 486 g/mol. The monoisotopic (exact) mass is 485 g/mol. The average Bonchev–Trinajstić information content (AvgIpc) is 3.40. The van der Waals surface area contributed by atoms with Crippen LogP contribution < -0.4 is 10.2 Å². The summed E-state index contributed by atoms with van der Waals surface area (Å²) in [6.45, 7) is 7.97. The first-order valence-electron chi connectivity index (χ1n) is 11.7. The molecule has 2 aliphatic rings. The molecule has 0 saturated carbocycles. The van der Waals surface area contributed by atoms with Gasteiger partial charge in [-0.1, -0.05) is 19.9 Å². The van der Waals surface area contributed by atoms with Crippen LogP contribution >= 0.6 is 11.3 Å². The molecule has 0 bridgehead atoms. The molecule has 2 atom stereocenters. The number of aromatic nitrogens is 3. The molecule has 1 fully saturated rings. The molecule has 0 aliphatic carbocycles. The number of hydrogen-bond acceptors (Lipinski definition) is 8. The van der Waals surface area contributed by atoms with E-state index < -0.39 is 11.2 Å². The van der Waals surface area contributed by atoms with E-state index >= 15 is 0 Å². The fraction of sp³-hybridized carbons (Fsp3) is 0.542. The van der Waals surface area contributed by atoms with Gasteiger partial charge in [0, 0.05) is 25.4 Å². The maximum Gasteiger partial charge on any atom is 0.227 e. The normalized spacial score (nSPS) is 19.9. The van der Waals surface area contributed by atoms with Gasteiger partial charge in [-0.3, -0.25) is 0 Å². The zero-order valence-electron chi connectivity index (χ0n) is 19.4. The predicted molar refractivity (Wildman–Crippen MR) is 135 cm³/mol. The molecule has 2 aliphatic heterocycles. The first kappa shape index (κ1) is 22.8. The first-order chi connectivity index (χ1) is 15.9. The predicted octanol–water partition coefficient (Wildman–Crippen LogP) is 3.87. The minimum Gasteiger partial charge on any atom is -0.611 e. The van der Waals surface area contributed by atoms with Crippen LogP contribution in [0.2, 0.25) is 0 Å². The fourth-order valence-corrected chi connectivity index (χ4v) is 7.01. The van der Waals surface area contributed by atoms with Crippen molar-refractivity contribution >= 4 is 44.5 Å².